The molecule has 0 aliphatic rings. The van der Waals surface area contributed by atoms with Crippen molar-refractivity contribution in [2.45, 2.75) is 19.4 Å². The standard InChI is InChI=1S/C22H19N3O2S/c1-14(26)23-18(16-8-3-2-4-9-16)13-20(27)24-22-25-21-17-10-6-5-7-15(17)11-12-19(21)28-22/h2-12,18H,13H2,1H3,(H,23,26)(H,24,25,27)/t18-/m0/s1. The molecule has 6 heteroatoms. The van der Waals surface area contributed by atoms with E-state index in [1.165, 1.54) is 18.3 Å². The number of hydrogen-bond donors (Lipinski definition) is 2. The molecule has 0 saturated carbocycles. The van der Waals surface area contributed by atoms with E-state index in [2.05, 4.69) is 21.7 Å². The van der Waals surface area contributed by atoms with Gasteiger partial charge >= 0.3 is 0 Å². The van der Waals surface area contributed by atoms with Gasteiger partial charge in [-0.25, -0.2) is 4.98 Å². The zero-order valence-corrected chi connectivity index (χ0v) is 16.1. The Balaban J connectivity index is 1.55. The van der Waals surface area contributed by atoms with Crippen LogP contribution in [0.1, 0.15) is 24.9 Å². The summed E-state index contributed by atoms with van der Waals surface area (Å²) in [5.41, 5.74) is 1.78. The summed E-state index contributed by atoms with van der Waals surface area (Å²) in [5, 5.41) is 8.48. The molecule has 0 unspecified atom stereocenters. The average molecular weight is 389 g/mol. The summed E-state index contributed by atoms with van der Waals surface area (Å²) in [5.74, 6) is -0.362. The van der Waals surface area contributed by atoms with Crippen LogP contribution in [0.3, 0.4) is 0 Å². The monoisotopic (exact) mass is 389 g/mol. The van der Waals surface area contributed by atoms with E-state index in [9.17, 15) is 9.59 Å². The third-order valence-electron chi connectivity index (χ3n) is 4.50. The Bertz CT molecular complexity index is 1150. The van der Waals surface area contributed by atoms with Crippen molar-refractivity contribution in [3.8, 4) is 0 Å². The lowest BCUT2D eigenvalue weighted by Gasteiger charge is -2.17. The Morgan fingerprint density at radius 3 is 2.54 bits per heavy atom. The zero-order chi connectivity index (χ0) is 19.5. The van der Waals surface area contributed by atoms with E-state index in [0.717, 1.165) is 26.6 Å². The third kappa shape index (κ3) is 3.87. The fraction of sp³-hybridized carbons (Fsp3) is 0.136. The predicted molar refractivity (Wildman–Crippen MR) is 113 cm³/mol. The molecule has 0 fully saturated rings. The maximum Gasteiger partial charge on any atom is 0.228 e. The van der Waals surface area contributed by atoms with Crippen molar-refractivity contribution in [3.63, 3.8) is 0 Å². The molecule has 140 valence electrons. The zero-order valence-electron chi connectivity index (χ0n) is 15.3. The number of anilines is 1. The molecule has 1 aromatic heterocycles. The largest absolute Gasteiger partial charge is 0.349 e. The van der Waals surface area contributed by atoms with Gasteiger partial charge in [-0.05, 0) is 17.0 Å². The minimum Gasteiger partial charge on any atom is -0.349 e. The SMILES string of the molecule is CC(=O)N[C@@H](CC(=O)Nc1nc2c(ccc3ccccc32)s1)c1ccccc1. The van der Waals surface area contributed by atoms with E-state index in [-0.39, 0.29) is 24.3 Å². The van der Waals surface area contributed by atoms with Crippen molar-refractivity contribution < 1.29 is 9.59 Å². The minimum atomic E-state index is -0.381. The maximum absolute atomic E-state index is 12.6. The van der Waals surface area contributed by atoms with Crippen LogP contribution in [0.15, 0.2) is 66.7 Å². The number of fused-ring (bicyclic) bond motifs is 3. The molecule has 0 bridgehead atoms. The van der Waals surface area contributed by atoms with Gasteiger partial charge in [-0.2, -0.15) is 0 Å². The number of benzene rings is 3. The second kappa shape index (κ2) is 7.78. The molecular weight excluding hydrogens is 370 g/mol. The normalized spacial score (nSPS) is 12.0. The van der Waals surface area contributed by atoms with Crippen LogP contribution in [0.5, 0.6) is 0 Å². The van der Waals surface area contributed by atoms with E-state index in [1.807, 2.05) is 60.7 Å². The highest BCUT2D eigenvalue weighted by molar-refractivity contribution is 7.22. The van der Waals surface area contributed by atoms with Gasteiger partial charge in [0.15, 0.2) is 5.13 Å². The van der Waals surface area contributed by atoms with E-state index in [4.69, 9.17) is 0 Å². The summed E-state index contributed by atoms with van der Waals surface area (Å²) in [4.78, 5) is 28.8. The van der Waals surface area contributed by atoms with E-state index >= 15 is 0 Å². The summed E-state index contributed by atoms with van der Waals surface area (Å²) in [7, 11) is 0. The summed E-state index contributed by atoms with van der Waals surface area (Å²) in [6.07, 6.45) is 0.139. The summed E-state index contributed by atoms with van der Waals surface area (Å²) in [6.45, 7) is 1.45. The van der Waals surface area contributed by atoms with Crippen molar-refractivity contribution in [2.24, 2.45) is 0 Å². The summed E-state index contributed by atoms with van der Waals surface area (Å²) >= 11 is 1.45. The molecule has 1 atom stereocenters. The smallest absolute Gasteiger partial charge is 0.228 e. The third-order valence-corrected chi connectivity index (χ3v) is 5.43. The van der Waals surface area contributed by atoms with Gasteiger partial charge in [0, 0.05) is 12.3 Å². The first-order valence-electron chi connectivity index (χ1n) is 9.00. The van der Waals surface area contributed by atoms with Crippen LogP contribution in [0, 0.1) is 0 Å². The number of thiazole rings is 1. The fourth-order valence-electron chi connectivity index (χ4n) is 3.25. The van der Waals surface area contributed by atoms with E-state index in [1.54, 1.807) is 0 Å². The molecular formula is C22H19N3O2S. The minimum absolute atomic E-state index is 0.139. The molecule has 0 spiro atoms. The number of nitrogens with zero attached hydrogens (tertiary/aromatic N) is 1. The highest BCUT2D eigenvalue weighted by atomic mass is 32.1. The van der Waals surface area contributed by atoms with Gasteiger partial charge in [0.1, 0.15) is 0 Å². The van der Waals surface area contributed by atoms with Crippen LogP contribution >= 0.6 is 11.3 Å². The Labute approximate surface area is 166 Å². The average Bonchev–Trinajstić information content (AvgIpc) is 3.10. The molecule has 0 radical (unpaired) electrons. The molecule has 0 aliphatic carbocycles. The maximum atomic E-state index is 12.6. The Morgan fingerprint density at radius 2 is 1.75 bits per heavy atom. The molecule has 1 heterocycles. The first kappa shape index (κ1) is 18.1. The van der Waals surface area contributed by atoms with Crippen molar-refractivity contribution in [1.29, 1.82) is 0 Å². The first-order valence-corrected chi connectivity index (χ1v) is 9.82. The van der Waals surface area contributed by atoms with Crippen LogP contribution in [-0.4, -0.2) is 16.8 Å². The van der Waals surface area contributed by atoms with Crippen LogP contribution in [0.25, 0.3) is 21.0 Å². The number of carbonyl (C=O) groups is 2. The lowest BCUT2D eigenvalue weighted by Crippen LogP contribution is -2.29. The number of amides is 2. The van der Waals surface area contributed by atoms with Gasteiger partial charge in [0.05, 0.1) is 22.7 Å². The van der Waals surface area contributed by atoms with Gasteiger partial charge in [-0.3, -0.25) is 9.59 Å². The van der Waals surface area contributed by atoms with Crippen LogP contribution in [0.4, 0.5) is 5.13 Å². The van der Waals surface area contributed by atoms with Crippen molar-refractivity contribution in [1.82, 2.24) is 10.3 Å². The molecule has 5 nitrogen and oxygen atoms in total. The van der Waals surface area contributed by atoms with Crippen molar-refractivity contribution >= 4 is 49.3 Å². The van der Waals surface area contributed by atoms with Crippen LogP contribution in [0.2, 0.25) is 0 Å². The van der Waals surface area contributed by atoms with Crippen LogP contribution < -0.4 is 10.6 Å². The van der Waals surface area contributed by atoms with E-state index < -0.39 is 0 Å². The number of rotatable bonds is 5. The van der Waals surface area contributed by atoms with Gasteiger partial charge < -0.3 is 10.6 Å². The fourth-order valence-corrected chi connectivity index (χ4v) is 4.15. The van der Waals surface area contributed by atoms with Gasteiger partial charge in [-0.1, -0.05) is 72.0 Å². The summed E-state index contributed by atoms with van der Waals surface area (Å²) in [6, 6.07) is 21.2. The van der Waals surface area contributed by atoms with Crippen molar-refractivity contribution in [3.05, 3.63) is 72.3 Å². The Kier molecular flexibility index (Phi) is 5.04. The number of carbonyl (C=O) groups excluding carboxylic acids is 2. The molecule has 2 N–H and O–H groups in total. The molecule has 0 aliphatic heterocycles. The number of nitrogens with one attached hydrogen (secondary N) is 2. The Hall–Kier alpha value is -3.25. The lowest BCUT2D eigenvalue weighted by molar-refractivity contribution is -0.120. The molecule has 4 aromatic rings. The molecule has 3 aromatic carbocycles. The number of aromatic nitrogens is 1. The van der Waals surface area contributed by atoms with Crippen LogP contribution in [-0.2, 0) is 9.59 Å². The van der Waals surface area contributed by atoms with Crippen molar-refractivity contribution in [2.75, 3.05) is 5.32 Å². The second-order valence-electron chi connectivity index (χ2n) is 6.57. The summed E-state index contributed by atoms with van der Waals surface area (Å²) < 4.78 is 1.02. The quantitative estimate of drug-likeness (QED) is 0.522. The first-order chi connectivity index (χ1) is 13.6. The lowest BCUT2D eigenvalue weighted by atomic mass is 10.0. The molecule has 4 rings (SSSR count). The predicted octanol–water partition coefficient (Wildman–Crippen LogP) is 4.66. The highest BCUT2D eigenvalue weighted by Crippen LogP contribution is 2.32. The molecule has 0 saturated heterocycles. The molecule has 28 heavy (non-hydrogen) atoms. The van der Waals surface area contributed by atoms with Gasteiger partial charge in [-0.15, -0.1) is 0 Å². The van der Waals surface area contributed by atoms with Gasteiger partial charge in [0.25, 0.3) is 0 Å². The second-order valence-corrected chi connectivity index (χ2v) is 7.60. The highest BCUT2D eigenvalue weighted by Gasteiger charge is 2.18. The van der Waals surface area contributed by atoms with E-state index in [0.29, 0.717) is 5.13 Å². The number of hydrogen-bond acceptors (Lipinski definition) is 4. The van der Waals surface area contributed by atoms with Gasteiger partial charge in [0.2, 0.25) is 11.8 Å². The molecule has 2 amide bonds. The Morgan fingerprint density at radius 1 is 1.00 bits per heavy atom. The topological polar surface area (TPSA) is 71.1 Å².